The van der Waals surface area contributed by atoms with Crippen LogP contribution in [0.1, 0.15) is 19.0 Å². The molecular weight excluding hydrogens is 202 g/mol. The lowest BCUT2D eigenvalue weighted by molar-refractivity contribution is 0.869. The molecular formula is C12H13N3O. The smallest absolute Gasteiger partial charge is 0.251 e. The van der Waals surface area contributed by atoms with Gasteiger partial charge in [0.05, 0.1) is 0 Å². The summed E-state index contributed by atoms with van der Waals surface area (Å²) in [4.78, 5) is 22.6. The van der Waals surface area contributed by atoms with E-state index in [1.807, 2.05) is 12.1 Å². The summed E-state index contributed by atoms with van der Waals surface area (Å²) in [6.07, 6.45) is 5.17. The van der Waals surface area contributed by atoms with Crippen LogP contribution in [-0.4, -0.2) is 15.0 Å². The van der Waals surface area contributed by atoms with E-state index in [-0.39, 0.29) is 5.56 Å². The van der Waals surface area contributed by atoms with Crippen LogP contribution in [0.2, 0.25) is 0 Å². The summed E-state index contributed by atoms with van der Waals surface area (Å²) >= 11 is 0. The molecule has 2 aromatic rings. The Morgan fingerprint density at radius 2 is 2.31 bits per heavy atom. The first-order chi connectivity index (χ1) is 7.79. The molecule has 82 valence electrons. The van der Waals surface area contributed by atoms with Crippen molar-refractivity contribution in [3.05, 3.63) is 46.6 Å². The van der Waals surface area contributed by atoms with E-state index in [0.29, 0.717) is 5.82 Å². The minimum absolute atomic E-state index is 0.114. The highest BCUT2D eigenvalue weighted by Gasteiger charge is 2.03. The Labute approximate surface area is 93.4 Å². The molecule has 1 N–H and O–H groups in total. The number of aromatic nitrogens is 3. The first kappa shape index (κ1) is 10.5. The highest BCUT2D eigenvalue weighted by molar-refractivity contribution is 5.52. The number of pyridine rings is 1. The van der Waals surface area contributed by atoms with Gasteiger partial charge in [-0.3, -0.25) is 9.78 Å². The first-order valence-corrected chi connectivity index (χ1v) is 5.30. The molecule has 0 unspecified atom stereocenters. The van der Waals surface area contributed by atoms with E-state index in [1.165, 1.54) is 0 Å². The molecule has 4 heteroatoms. The van der Waals surface area contributed by atoms with Crippen LogP contribution in [0.25, 0.3) is 11.4 Å². The molecule has 0 bridgehead atoms. The van der Waals surface area contributed by atoms with Crippen molar-refractivity contribution in [1.82, 2.24) is 15.0 Å². The largest absolute Gasteiger partial charge is 0.306 e. The summed E-state index contributed by atoms with van der Waals surface area (Å²) in [7, 11) is 0. The molecule has 0 radical (unpaired) electrons. The molecule has 2 heterocycles. The molecule has 4 nitrogen and oxygen atoms in total. The second kappa shape index (κ2) is 4.70. The number of nitrogens with zero attached hydrogens (tertiary/aromatic N) is 2. The Hall–Kier alpha value is -1.97. The summed E-state index contributed by atoms with van der Waals surface area (Å²) in [5, 5.41) is 0. The average Bonchev–Trinajstić information content (AvgIpc) is 2.30. The van der Waals surface area contributed by atoms with Gasteiger partial charge >= 0.3 is 0 Å². The molecule has 0 atom stereocenters. The van der Waals surface area contributed by atoms with Crippen LogP contribution >= 0.6 is 0 Å². The molecule has 0 fully saturated rings. The quantitative estimate of drug-likeness (QED) is 0.849. The Kier molecular flexibility index (Phi) is 3.10. The predicted octanol–water partition coefficient (Wildman–Crippen LogP) is 1.78. The highest BCUT2D eigenvalue weighted by atomic mass is 16.1. The van der Waals surface area contributed by atoms with Gasteiger partial charge in [0.15, 0.2) is 0 Å². The summed E-state index contributed by atoms with van der Waals surface area (Å²) in [6.45, 7) is 2.06. The highest BCUT2D eigenvalue weighted by Crippen LogP contribution is 2.11. The van der Waals surface area contributed by atoms with E-state index < -0.39 is 0 Å². The van der Waals surface area contributed by atoms with Crippen LogP contribution in [0.5, 0.6) is 0 Å². The van der Waals surface area contributed by atoms with Crippen molar-refractivity contribution in [1.29, 1.82) is 0 Å². The normalized spacial score (nSPS) is 10.3. The Bertz CT molecular complexity index is 519. The topological polar surface area (TPSA) is 58.6 Å². The minimum atomic E-state index is -0.114. The lowest BCUT2D eigenvalue weighted by atomic mass is 10.2. The van der Waals surface area contributed by atoms with Gasteiger partial charge in [-0.2, -0.15) is 0 Å². The third-order valence-electron chi connectivity index (χ3n) is 2.24. The van der Waals surface area contributed by atoms with Gasteiger partial charge in [-0.15, -0.1) is 0 Å². The van der Waals surface area contributed by atoms with E-state index in [4.69, 9.17) is 0 Å². The van der Waals surface area contributed by atoms with Crippen molar-refractivity contribution in [2.45, 2.75) is 19.8 Å². The molecule has 16 heavy (non-hydrogen) atoms. The molecule has 0 amide bonds. The van der Waals surface area contributed by atoms with Crippen LogP contribution in [0.15, 0.2) is 35.4 Å². The first-order valence-electron chi connectivity index (χ1n) is 5.30. The number of hydrogen-bond donors (Lipinski definition) is 1. The van der Waals surface area contributed by atoms with Gasteiger partial charge in [-0.25, -0.2) is 4.98 Å². The van der Waals surface area contributed by atoms with Crippen molar-refractivity contribution in [2.24, 2.45) is 0 Å². The monoisotopic (exact) mass is 215 g/mol. The Morgan fingerprint density at radius 3 is 3.00 bits per heavy atom. The Balaban J connectivity index is 2.45. The zero-order valence-corrected chi connectivity index (χ0v) is 9.10. The number of rotatable bonds is 3. The van der Waals surface area contributed by atoms with Gasteiger partial charge in [0, 0.05) is 29.7 Å². The lowest BCUT2D eigenvalue weighted by Crippen LogP contribution is -2.10. The number of nitrogens with one attached hydrogen (secondary N) is 1. The predicted molar refractivity (Wildman–Crippen MR) is 62.1 cm³/mol. The van der Waals surface area contributed by atoms with Crippen molar-refractivity contribution < 1.29 is 0 Å². The number of H-pyrrole nitrogens is 1. The number of hydrogen-bond acceptors (Lipinski definition) is 3. The van der Waals surface area contributed by atoms with Gasteiger partial charge in [0.2, 0.25) is 0 Å². The van der Waals surface area contributed by atoms with Crippen LogP contribution < -0.4 is 5.56 Å². The average molecular weight is 215 g/mol. The second-order valence-corrected chi connectivity index (χ2v) is 3.58. The summed E-state index contributed by atoms with van der Waals surface area (Å²) in [6, 6.07) is 5.24. The fraction of sp³-hybridized carbons (Fsp3) is 0.250. The van der Waals surface area contributed by atoms with Crippen LogP contribution in [-0.2, 0) is 6.42 Å². The van der Waals surface area contributed by atoms with E-state index in [0.717, 1.165) is 24.1 Å². The van der Waals surface area contributed by atoms with E-state index >= 15 is 0 Å². The van der Waals surface area contributed by atoms with Crippen molar-refractivity contribution in [3.63, 3.8) is 0 Å². The minimum Gasteiger partial charge on any atom is -0.306 e. The van der Waals surface area contributed by atoms with Gasteiger partial charge in [-0.1, -0.05) is 13.3 Å². The van der Waals surface area contributed by atoms with Gasteiger partial charge in [-0.05, 0) is 18.6 Å². The third kappa shape index (κ3) is 2.34. The number of aromatic amines is 1. The van der Waals surface area contributed by atoms with E-state index in [1.54, 1.807) is 18.5 Å². The van der Waals surface area contributed by atoms with Gasteiger partial charge in [0.1, 0.15) is 5.82 Å². The molecule has 0 saturated carbocycles. The molecule has 0 saturated heterocycles. The molecule has 0 spiro atoms. The molecule has 0 aliphatic carbocycles. The van der Waals surface area contributed by atoms with Gasteiger partial charge in [0.25, 0.3) is 5.56 Å². The maximum atomic E-state index is 11.4. The van der Waals surface area contributed by atoms with Gasteiger partial charge < -0.3 is 4.98 Å². The van der Waals surface area contributed by atoms with Crippen LogP contribution in [0, 0.1) is 0 Å². The molecule has 0 aliphatic heterocycles. The maximum Gasteiger partial charge on any atom is 0.251 e. The summed E-state index contributed by atoms with van der Waals surface area (Å²) in [5.41, 5.74) is 1.54. The fourth-order valence-electron chi connectivity index (χ4n) is 1.53. The van der Waals surface area contributed by atoms with Crippen molar-refractivity contribution >= 4 is 0 Å². The fourth-order valence-corrected chi connectivity index (χ4v) is 1.53. The summed E-state index contributed by atoms with van der Waals surface area (Å²) in [5.74, 6) is 0.587. The zero-order chi connectivity index (χ0) is 11.4. The van der Waals surface area contributed by atoms with E-state index in [9.17, 15) is 4.79 Å². The standard InChI is InChI=1S/C12H13N3O/c1-2-4-10-7-11(16)15-12(14-10)9-5-3-6-13-8-9/h3,5-8H,2,4H2,1H3,(H,14,15,16). The van der Waals surface area contributed by atoms with Crippen LogP contribution in [0.4, 0.5) is 0 Å². The lowest BCUT2D eigenvalue weighted by Gasteiger charge is -2.02. The third-order valence-corrected chi connectivity index (χ3v) is 2.24. The van der Waals surface area contributed by atoms with Crippen molar-refractivity contribution in [2.75, 3.05) is 0 Å². The molecule has 0 aromatic carbocycles. The molecule has 2 rings (SSSR count). The molecule has 2 aromatic heterocycles. The number of aryl methyl sites for hydroxylation is 1. The van der Waals surface area contributed by atoms with Crippen LogP contribution in [0.3, 0.4) is 0 Å². The maximum absolute atomic E-state index is 11.4. The van der Waals surface area contributed by atoms with E-state index in [2.05, 4.69) is 21.9 Å². The Morgan fingerprint density at radius 1 is 1.44 bits per heavy atom. The van der Waals surface area contributed by atoms with Crippen molar-refractivity contribution in [3.8, 4) is 11.4 Å². The summed E-state index contributed by atoms with van der Waals surface area (Å²) < 4.78 is 0. The second-order valence-electron chi connectivity index (χ2n) is 3.58. The SMILES string of the molecule is CCCc1cc(=O)[nH]c(-c2cccnc2)n1. The zero-order valence-electron chi connectivity index (χ0n) is 9.10. The molecule has 0 aliphatic rings.